The molecule has 0 aliphatic carbocycles. The predicted molar refractivity (Wildman–Crippen MR) is 83.6 cm³/mol. The Kier molecular flexibility index (Phi) is 6.78. The largest absolute Gasteiger partial charge is 0.480 e. The van der Waals surface area contributed by atoms with Gasteiger partial charge in [-0.25, -0.2) is 4.31 Å². The van der Waals surface area contributed by atoms with Crippen molar-refractivity contribution in [3.63, 3.8) is 0 Å². The van der Waals surface area contributed by atoms with Gasteiger partial charge in [0.2, 0.25) is 17.5 Å². The van der Waals surface area contributed by atoms with E-state index < -0.39 is 58.3 Å². The molecule has 6 N–H and O–H groups in total. The van der Waals surface area contributed by atoms with Crippen molar-refractivity contribution < 1.29 is 42.0 Å². The quantitative estimate of drug-likeness (QED) is 0.149. The van der Waals surface area contributed by atoms with Crippen molar-refractivity contribution in [2.75, 3.05) is 13.7 Å². The van der Waals surface area contributed by atoms with E-state index in [-0.39, 0.29) is 17.1 Å². The molecule has 0 aromatic rings. The summed E-state index contributed by atoms with van der Waals surface area (Å²) in [5, 5.41) is 13.0. The Morgan fingerprint density at radius 2 is 2.00 bits per heavy atom. The van der Waals surface area contributed by atoms with E-state index in [1.807, 2.05) is 5.32 Å². The number of nitrogens with two attached hydrogens (primary N) is 1. The van der Waals surface area contributed by atoms with Crippen molar-refractivity contribution >= 4 is 34.0 Å². The maximum atomic E-state index is 12.0. The summed E-state index contributed by atoms with van der Waals surface area (Å²) in [5.41, 5.74) is 3.39. The Morgan fingerprint density at radius 3 is 2.42 bits per heavy atom. The van der Waals surface area contributed by atoms with Gasteiger partial charge in [-0.15, -0.1) is 0 Å². The average molecular weight is 396 g/mol. The van der Waals surface area contributed by atoms with Crippen LogP contribution in [0.3, 0.4) is 0 Å². The first-order valence-corrected chi connectivity index (χ1v) is 8.68. The molecule has 13 nitrogen and oxygen atoms in total. The number of carboxylic acids is 1. The molecule has 0 aromatic heterocycles. The molecule has 0 spiro atoms. The number of β-lactam (4-membered cyclic amide) rings is 1. The second-order valence-electron chi connectivity index (χ2n) is 5.58. The highest BCUT2D eigenvalue weighted by Crippen LogP contribution is 2.26. The number of rotatable bonds is 9. The molecule has 1 aliphatic rings. The summed E-state index contributed by atoms with van der Waals surface area (Å²) < 4.78 is 35.9. The van der Waals surface area contributed by atoms with Crippen LogP contribution in [0.5, 0.6) is 0 Å². The third-order valence-electron chi connectivity index (χ3n) is 3.67. The third kappa shape index (κ3) is 4.95. The molecular formula is C12H20N4O9S. The molecule has 3 amide bonds. The molecule has 0 bridgehead atoms. The van der Waals surface area contributed by atoms with E-state index in [0.717, 1.165) is 7.11 Å². The molecule has 148 valence electrons. The summed E-state index contributed by atoms with van der Waals surface area (Å²) in [6, 6.07) is -2.40. The first-order valence-electron chi connectivity index (χ1n) is 7.28. The van der Waals surface area contributed by atoms with Gasteiger partial charge in [-0.2, -0.15) is 8.42 Å². The number of ether oxygens (including phenoxy) is 1. The van der Waals surface area contributed by atoms with Crippen LogP contribution in [0.25, 0.3) is 0 Å². The molecule has 1 rings (SSSR count). The molecule has 26 heavy (non-hydrogen) atoms. The van der Waals surface area contributed by atoms with Crippen molar-refractivity contribution in [2.45, 2.75) is 37.6 Å². The minimum Gasteiger partial charge on any atom is -0.480 e. The molecule has 0 radical (unpaired) electrons. The number of carbonyl (C=O) groups is 4. The summed E-state index contributed by atoms with van der Waals surface area (Å²) >= 11 is 0. The lowest BCUT2D eigenvalue weighted by Crippen LogP contribution is -2.77. The highest BCUT2D eigenvalue weighted by molar-refractivity contribution is 7.84. The number of carbonyl (C=O) groups excluding carboxylic acids is 3. The van der Waals surface area contributed by atoms with Gasteiger partial charge in [0.05, 0.1) is 12.6 Å². The summed E-state index contributed by atoms with van der Waals surface area (Å²) in [6.45, 7) is 0.718. The summed E-state index contributed by atoms with van der Waals surface area (Å²) in [4.78, 5) is 46.1. The molecule has 0 aromatic carbocycles. The topological polar surface area (TPSA) is 205 Å². The van der Waals surface area contributed by atoms with Gasteiger partial charge in [-0.1, -0.05) is 0 Å². The van der Waals surface area contributed by atoms with E-state index in [0.29, 0.717) is 0 Å². The highest BCUT2D eigenvalue weighted by atomic mass is 32.2. The first-order chi connectivity index (χ1) is 11.8. The fraction of sp³-hybridized carbons (Fsp3) is 0.667. The molecule has 0 saturated carbocycles. The van der Waals surface area contributed by atoms with Gasteiger partial charge in [-0.3, -0.25) is 34.4 Å². The standard InChI is InChI=1S/C12H20N4O9S/c1-6(9(18)14-8(17)4-3-7(13)10(19)20)15-12(25-2)5-16(11(12)21)26(22,23)24/h6-7,15H,3-5,13H2,1-2H3,(H,19,20)(H,14,17,18)(H,22,23,24)/t6-,7+,12-/m1/s1. The maximum Gasteiger partial charge on any atom is 0.362 e. The van der Waals surface area contributed by atoms with E-state index >= 15 is 0 Å². The average Bonchev–Trinajstić information content (AvgIpc) is 2.53. The lowest BCUT2D eigenvalue weighted by molar-refractivity contribution is -0.179. The van der Waals surface area contributed by atoms with Crippen LogP contribution in [0.1, 0.15) is 19.8 Å². The van der Waals surface area contributed by atoms with Crippen molar-refractivity contribution in [1.82, 2.24) is 14.9 Å². The number of methoxy groups -OCH3 is 1. The number of carboxylic acid groups (broad SMARTS) is 1. The normalized spacial score (nSPS) is 22.3. The number of nitrogens with zero attached hydrogens (tertiary/aromatic N) is 1. The molecule has 1 aliphatic heterocycles. The van der Waals surface area contributed by atoms with Crippen LogP contribution >= 0.6 is 0 Å². The molecule has 1 fully saturated rings. The maximum absolute atomic E-state index is 12.0. The minimum atomic E-state index is -4.74. The Balaban J connectivity index is 2.60. The van der Waals surface area contributed by atoms with Gasteiger partial charge >= 0.3 is 16.3 Å². The third-order valence-corrected chi connectivity index (χ3v) is 4.52. The predicted octanol–water partition coefficient (Wildman–Crippen LogP) is -3.21. The van der Waals surface area contributed by atoms with E-state index in [2.05, 4.69) is 5.32 Å². The van der Waals surface area contributed by atoms with Gasteiger partial charge in [0, 0.05) is 13.5 Å². The highest BCUT2D eigenvalue weighted by Gasteiger charge is 2.58. The molecule has 0 unspecified atom stereocenters. The number of imide groups is 1. The second-order valence-corrected chi connectivity index (χ2v) is 6.92. The summed E-state index contributed by atoms with van der Waals surface area (Å²) in [7, 11) is -3.65. The summed E-state index contributed by atoms with van der Waals surface area (Å²) in [6.07, 6.45) is -0.489. The van der Waals surface area contributed by atoms with E-state index in [1.54, 1.807) is 0 Å². The fourth-order valence-electron chi connectivity index (χ4n) is 2.09. The number of nitrogens with one attached hydrogen (secondary N) is 2. The zero-order chi connectivity index (χ0) is 20.3. The summed E-state index contributed by atoms with van der Waals surface area (Å²) in [5.74, 6) is -4.03. The van der Waals surface area contributed by atoms with Crippen molar-refractivity contribution in [2.24, 2.45) is 5.73 Å². The lowest BCUT2D eigenvalue weighted by Gasteiger charge is -2.46. The fourth-order valence-corrected chi connectivity index (χ4v) is 2.79. The van der Waals surface area contributed by atoms with Crippen molar-refractivity contribution in [3.8, 4) is 0 Å². The van der Waals surface area contributed by atoms with Crippen LogP contribution in [-0.2, 0) is 34.2 Å². The van der Waals surface area contributed by atoms with E-state index in [4.69, 9.17) is 20.1 Å². The van der Waals surface area contributed by atoms with E-state index in [9.17, 15) is 27.6 Å². The SMILES string of the molecule is CO[C@]1(N[C@H](C)C(=O)NC(=O)CC[C@H](N)C(=O)O)CN(S(=O)(=O)O)C1=O. The number of aliphatic carboxylic acids is 1. The Hall–Kier alpha value is -2.13. The van der Waals surface area contributed by atoms with Gasteiger partial charge in [0.25, 0.3) is 5.91 Å². The number of amides is 3. The first kappa shape index (κ1) is 21.9. The van der Waals surface area contributed by atoms with Crippen LogP contribution in [-0.4, -0.2) is 77.5 Å². The van der Waals surface area contributed by atoms with E-state index in [1.165, 1.54) is 6.92 Å². The van der Waals surface area contributed by atoms with Crippen molar-refractivity contribution in [1.29, 1.82) is 0 Å². The van der Waals surface area contributed by atoms with Crippen LogP contribution in [0.15, 0.2) is 0 Å². The molecule has 3 atom stereocenters. The van der Waals surface area contributed by atoms with Gasteiger partial charge < -0.3 is 15.6 Å². The van der Waals surface area contributed by atoms with Crippen LogP contribution in [0.4, 0.5) is 0 Å². The Morgan fingerprint density at radius 1 is 1.42 bits per heavy atom. The van der Waals surface area contributed by atoms with Gasteiger partial charge in [0.1, 0.15) is 6.04 Å². The minimum absolute atomic E-state index is 0.145. The van der Waals surface area contributed by atoms with Crippen molar-refractivity contribution in [3.05, 3.63) is 0 Å². The molecule has 1 saturated heterocycles. The number of hydrogen-bond acceptors (Lipinski definition) is 9. The smallest absolute Gasteiger partial charge is 0.362 e. The zero-order valence-corrected chi connectivity index (χ0v) is 14.8. The van der Waals surface area contributed by atoms with Gasteiger partial charge in [0.15, 0.2) is 0 Å². The molecule has 1 heterocycles. The monoisotopic (exact) mass is 396 g/mol. The van der Waals surface area contributed by atoms with Gasteiger partial charge in [-0.05, 0) is 13.3 Å². The zero-order valence-electron chi connectivity index (χ0n) is 14.0. The second kappa shape index (κ2) is 8.05. The molecule has 14 heteroatoms. The van der Waals surface area contributed by atoms with Crippen LogP contribution in [0.2, 0.25) is 0 Å². The van der Waals surface area contributed by atoms with Crippen LogP contribution < -0.4 is 16.4 Å². The van der Waals surface area contributed by atoms with Crippen LogP contribution in [0, 0.1) is 0 Å². The Bertz CT molecular complexity index is 709. The lowest BCUT2D eigenvalue weighted by atomic mass is 10.0. The Labute approximate surface area is 148 Å². The number of hydrogen-bond donors (Lipinski definition) is 5. The molecular weight excluding hydrogens is 376 g/mol.